The molecule has 186 valence electrons. The Kier molecular flexibility index (Phi) is 6.28. The van der Waals surface area contributed by atoms with Crippen LogP contribution in [0.1, 0.15) is 69.9 Å². The number of carbonyl (C=O) groups is 1. The van der Waals surface area contributed by atoms with Crippen molar-refractivity contribution < 1.29 is 29.2 Å². The predicted octanol–water partition coefficient (Wildman–Crippen LogP) is 4.12. The van der Waals surface area contributed by atoms with Gasteiger partial charge in [-0.05, 0) is 97.8 Å². The van der Waals surface area contributed by atoms with Gasteiger partial charge in [-0.15, -0.1) is 6.58 Å². The van der Waals surface area contributed by atoms with Crippen LogP contribution in [0.4, 0.5) is 0 Å². The highest BCUT2D eigenvalue weighted by molar-refractivity contribution is 5.66. The summed E-state index contributed by atoms with van der Waals surface area (Å²) in [4.78, 5) is 11.3. The minimum absolute atomic E-state index is 0.402. The maximum atomic E-state index is 11.3. The van der Waals surface area contributed by atoms with Crippen molar-refractivity contribution in [1.29, 1.82) is 0 Å². The molecular formula is C28H38O6. The largest absolute Gasteiger partial charge is 0.462 e. The molecular weight excluding hydrogens is 432 g/mol. The monoisotopic (exact) mass is 470 g/mol. The highest BCUT2D eigenvalue weighted by Gasteiger charge is 2.54. The van der Waals surface area contributed by atoms with Crippen LogP contribution in [0.3, 0.4) is 0 Å². The molecule has 0 amide bonds. The lowest BCUT2D eigenvalue weighted by Gasteiger charge is -2.50. The fourth-order valence-electron chi connectivity index (χ4n) is 7.65. The lowest BCUT2D eigenvalue weighted by Crippen LogP contribution is -2.59. The van der Waals surface area contributed by atoms with E-state index < -0.39 is 36.7 Å². The fourth-order valence-corrected chi connectivity index (χ4v) is 7.65. The van der Waals surface area contributed by atoms with Crippen LogP contribution >= 0.6 is 0 Å². The minimum Gasteiger partial charge on any atom is -0.462 e. The molecule has 6 heteroatoms. The number of benzene rings is 1. The Labute approximate surface area is 202 Å². The molecule has 1 aromatic rings. The zero-order chi connectivity index (χ0) is 24.2. The number of aryl methyl sites for hydroxylation is 1. The highest BCUT2D eigenvalue weighted by atomic mass is 16.7. The Morgan fingerprint density at radius 2 is 2.00 bits per heavy atom. The van der Waals surface area contributed by atoms with Crippen LogP contribution in [0.25, 0.3) is 0 Å². The summed E-state index contributed by atoms with van der Waals surface area (Å²) in [6, 6.07) is 6.23. The smallest absolute Gasteiger partial charge is 0.303 e. The number of ether oxygens (including phenoxy) is 3. The van der Waals surface area contributed by atoms with Crippen molar-refractivity contribution in [3.05, 3.63) is 42.0 Å². The van der Waals surface area contributed by atoms with Crippen molar-refractivity contribution in [2.75, 3.05) is 0 Å². The molecule has 1 saturated heterocycles. The number of rotatable bonds is 4. The molecule has 5 rings (SSSR count). The number of allylic oxidation sites excluding steroid dienone is 1. The van der Waals surface area contributed by atoms with E-state index in [9.17, 15) is 15.0 Å². The summed E-state index contributed by atoms with van der Waals surface area (Å²) in [5.74, 6) is 2.86. The fraction of sp³-hybridized carbons (Fsp3) is 0.679. The van der Waals surface area contributed by atoms with Gasteiger partial charge in [-0.25, -0.2) is 0 Å². The molecule has 0 spiro atoms. The van der Waals surface area contributed by atoms with Crippen LogP contribution in [0, 0.1) is 23.2 Å². The van der Waals surface area contributed by atoms with Crippen LogP contribution in [0.5, 0.6) is 5.75 Å². The third-order valence-corrected chi connectivity index (χ3v) is 9.39. The van der Waals surface area contributed by atoms with Crippen molar-refractivity contribution in [2.24, 2.45) is 23.2 Å². The van der Waals surface area contributed by atoms with Crippen molar-refractivity contribution in [3.63, 3.8) is 0 Å². The molecule has 6 nitrogen and oxygen atoms in total. The molecule has 34 heavy (non-hydrogen) atoms. The van der Waals surface area contributed by atoms with E-state index in [-0.39, 0.29) is 0 Å². The van der Waals surface area contributed by atoms with Gasteiger partial charge in [0.1, 0.15) is 18.0 Å². The predicted molar refractivity (Wildman–Crippen MR) is 127 cm³/mol. The van der Waals surface area contributed by atoms with Gasteiger partial charge in [-0.3, -0.25) is 4.79 Å². The van der Waals surface area contributed by atoms with Crippen LogP contribution in [0.15, 0.2) is 30.9 Å². The Morgan fingerprint density at radius 1 is 1.21 bits per heavy atom. The van der Waals surface area contributed by atoms with E-state index in [0.717, 1.165) is 18.3 Å². The number of carbonyl (C=O) groups excluding carboxylic acids is 1. The second kappa shape index (κ2) is 8.96. The van der Waals surface area contributed by atoms with E-state index in [1.807, 2.05) is 6.07 Å². The van der Waals surface area contributed by atoms with Gasteiger partial charge < -0.3 is 24.4 Å². The molecule has 0 radical (unpaired) electrons. The SMILES string of the molecule is C=CC1CCC2C3CCc4cc(OC5OC(C)C(OC(C)=O)C(O)C5O)ccc4C3CCC12C. The molecule has 2 saturated carbocycles. The molecule has 10 unspecified atom stereocenters. The lowest BCUT2D eigenvalue weighted by molar-refractivity contribution is -0.272. The number of hydrogen-bond donors (Lipinski definition) is 2. The molecule has 0 aromatic heterocycles. The number of esters is 1. The molecule has 1 aromatic carbocycles. The van der Waals surface area contributed by atoms with Crippen molar-refractivity contribution >= 4 is 5.97 Å². The van der Waals surface area contributed by atoms with Crippen LogP contribution in [0.2, 0.25) is 0 Å². The molecule has 0 bridgehead atoms. The maximum absolute atomic E-state index is 11.3. The molecule has 3 fully saturated rings. The van der Waals surface area contributed by atoms with Gasteiger partial charge in [0.05, 0.1) is 6.10 Å². The molecule has 1 heterocycles. The number of fused-ring (bicyclic) bond motifs is 5. The number of aliphatic hydroxyl groups excluding tert-OH is 2. The lowest BCUT2D eigenvalue weighted by atomic mass is 9.54. The molecule has 4 aliphatic rings. The summed E-state index contributed by atoms with van der Waals surface area (Å²) in [6.45, 7) is 9.59. The summed E-state index contributed by atoms with van der Waals surface area (Å²) in [6.07, 6.45) is 4.34. The van der Waals surface area contributed by atoms with Crippen LogP contribution in [-0.2, 0) is 20.7 Å². The van der Waals surface area contributed by atoms with Crippen molar-refractivity contribution in [2.45, 2.75) is 95.9 Å². The molecule has 2 N–H and O–H groups in total. The summed E-state index contributed by atoms with van der Waals surface area (Å²) in [7, 11) is 0. The molecule has 3 aliphatic carbocycles. The summed E-state index contributed by atoms with van der Waals surface area (Å²) in [5, 5.41) is 21.0. The first-order valence-electron chi connectivity index (χ1n) is 12.8. The van der Waals surface area contributed by atoms with Gasteiger partial charge in [-0.1, -0.05) is 19.1 Å². The summed E-state index contributed by atoms with van der Waals surface area (Å²) < 4.78 is 16.9. The highest BCUT2D eigenvalue weighted by Crippen LogP contribution is 2.63. The van der Waals surface area contributed by atoms with E-state index in [4.69, 9.17) is 14.2 Å². The van der Waals surface area contributed by atoms with Crippen molar-refractivity contribution in [3.8, 4) is 5.75 Å². The average Bonchev–Trinajstić information content (AvgIpc) is 3.16. The average molecular weight is 471 g/mol. The second-order valence-electron chi connectivity index (χ2n) is 11.1. The van der Waals surface area contributed by atoms with Gasteiger partial charge in [0.25, 0.3) is 0 Å². The molecule has 1 aliphatic heterocycles. The first kappa shape index (κ1) is 23.8. The Morgan fingerprint density at radius 3 is 2.74 bits per heavy atom. The third-order valence-electron chi connectivity index (χ3n) is 9.39. The Balaban J connectivity index is 1.30. The van der Waals surface area contributed by atoms with Crippen molar-refractivity contribution in [1.82, 2.24) is 0 Å². The van der Waals surface area contributed by atoms with Gasteiger partial charge in [0, 0.05) is 6.92 Å². The zero-order valence-electron chi connectivity index (χ0n) is 20.5. The normalized spacial score (nSPS) is 43.3. The van der Waals surface area contributed by atoms with Crippen LogP contribution < -0.4 is 4.74 Å². The maximum Gasteiger partial charge on any atom is 0.303 e. The Bertz CT molecular complexity index is 945. The second-order valence-corrected chi connectivity index (χ2v) is 11.1. The summed E-state index contributed by atoms with van der Waals surface area (Å²) in [5.41, 5.74) is 3.16. The summed E-state index contributed by atoms with van der Waals surface area (Å²) >= 11 is 0. The Hall–Kier alpha value is -1.89. The van der Waals surface area contributed by atoms with E-state index in [0.29, 0.717) is 23.0 Å². The minimum atomic E-state index is -1.32. The van der Waals surface area contributed by atoms with Gasteiger partial charge >= 0.3 is 5.97 Å². The first-order valence-corrected chi connectivity index (χ1v) is 12.8. The standard InChI is InChI=1S/C28H38O6/c1-5-18-7-11-23-22-9-6-17-14-19(8-10-20(17)21(22)12-13-28(18,23)4)34-27-25(31)24(30)26(15(2)32-27)33-16(3)29/h5,8,10,14-15,18,21-27,30-31H,1,6-7,9,11-13H2,2-4H3. The first-order chi connectivity index (χ1) is 16.2. The topological polar surface area (TPSA) is 85.2 Å². The van der Waals surface area contributed by atoms with E-state index >= 15 is 0 Å². The van der Waals surface area contributed by atoms with Gasteiger partial charge in [0.2, 0.25) is 6.29 Å². The van der Waals surface area contributed by atoms with Gasteiger partial charge in [0.15, 0.2) is 6.10 Å². The molecule has 10 atom stereocenters. The zero-order valence-corrected chi connectivity index (χ0v) is 20.5. The van der Waals surface area contributed by atoms with Gasteiger partial charge in [-0.2, -0.15) is 0 Å². The third kappa shape index (κ3) is 3.88. The van der Waals surface area contributed by atoms with E-state index in [1.54, 1.807) is 6.92 Å². The van der Waals surface area contributed by atoms with Crippen LogP contribution in [-0.4, -0.2) is 46.9 Å². The number of hydrogen-bond acceptors (Lipinski definition) is 6. The number of aliphatic hydroxyl groups is 2. The van der Waals surface area contributed by atoms with E-state index in [1.165, 1.54) is 50.2 Å². The van der Waals surface area contributed by atoms with E-state index in [2.05, 4.69) is 31.7 Å². The quantitative estimate of drug-likeness (QED) is 0.509.